The van der Waals surface area contributed by atoms with Crippen molar-refractivity contribution in [2.45, 2.75) is 6.54 Å². The van der Waals surface area contributed by atoms with Crippen LogP contribution in [0.5, 0.6) is 11.6 Å². The van der Waals surface area contributed by atoms with E-state index in [4.69, 9.17) is 14.7 Å². The standard InChI is InChI=1S/C15H15N3O2/c1-19-15-7-3-5-13(18-15)11-17-12-4-2-6-14(10-12)20-9-8-16/h2-7,10,17H,9,11H2,1H3. The lowest BCUT2D eigenvalue weighted by Gasteiger charge is -2.08. The topological polar surface area (TPSA) is 67.2 Å². The maximum atomic E-state index is 8.49. The summed E-state index contributed by atoms with van der Waals surface area (Å²) in [6, 6.07) is 15.0. The zero-order chi connectivity index (χ0) is 14.2. The molecule has 0 bridgehead atoms. The summed E-state index contributed by atoms with van der Waals surface area (Å²) in [4.78, 5) is 4.32. The first-order chi connectivity index (χ1) is 9.81. The predicted molar refractivity (Wildman–Crippen MR) is 75.7 cm³/mol. The molecule has 0 saturated carbocycles. The molecule has 0 radical (unpaired) electrons. The largest absolute Gasteiger partial charge is 0.481 e. The van der Waals surface area contributed by atoms with Gasteiger partial charge in [-0.2, -0.15) is 5.26 Å². The lowest BCUT2D eigenvalue weighted by Crippen LogP contribution is -2.02. The Morgan fingerprint density at radius 3 is 2.90 bits per heavy atom. The van der Waals surface area contributed by atoms with E-state index >= 15 is 0 Å². The molecule has 0 fully saturated rings. The number of nitrogens with one attached hydrogen (secondary N) is 1. The highest BCUT2D eigenvalue weighted by Crippen LogP contribution is 2.18. The van der Waals surface area contributed by atoms with E-state index in [-0.39, 0.29) is 6.61 Å². The molecule has 0 atom stereocenters. The normalized spacial score (nSPS) is 9.60. The molecule has 0 amide bonds. The molecule has 20 heavy (non-hydrogen) atoms. The van der Waals surface area contributed by atoms with Crippen molar-refractivity contribution >= 4 is 5.69 Å². The first kappa shape index (κ1) is 13.7. The summed E-state index contributed by atoms with van der Waals surface area (Å²) in [7, 11) is 1.59. The van der Waals surface area contributed by atoms with Crippen LogP contribution in [-0.4, -0.2) is 18.7 Å². The smallest absolute Gasteiger partial charge is 0.213 e. The van der Waals surface area contributed by atoms with E-state index < -0.39 is 0 Å². The number of aromatic nitrogens is 1. The summed E-state index contributed by atoms with van der Waals surface area (Å²) in [6.45, 7) is 0.625. The zero-order valence-corrected chi connectivity index (χ0v) is 11.2. The second-order valence-electron chi connectivity index (χ2n) is 4.00. The minimum absolute atomic E-state index is 0.0426. The Bertz CT molecular complexity index is 608. The molecule has 5 heteroatoms. The Labute approximate surface area is 117 Å². The van der Waals surface area contributed by atoms with Crippen LogP contribution in [0.1, 0.15) is 5.69 Å². The number of hydrogen-bond donors (Lipinski definition) is 1. The van der Waals surface area contributed by atoms with Crippen molar-refractivity contribution < 1.29 is 9.47 Å². The van der Waals surface area contributed by atoms with E-state index in [0.717, 1.165) is 11.4 Å². The third kappa shape index (κ3) is 3.89. The second kappa shape index (κ2) is 7.00. The molecule has 0 aliphatic heterocycles. The molecule has 2 rings (SSSR count). The Balaban J connectivity index is 1.98. The van der Waals surface area contributed by atoms with Gasteiger partial charge in [0.2, 0.25) is 5.88 Å². The second-order valence-corrected chi connectivity index (χ2v) is 4.00. The van der Waals surface area contributed by atoms with Crippen LogP contribution in [0.3, 0.4) is 0 Å². The highest BCUT2D eigenvalue weighted by Gasteiger charge is 1.99. The fraction of sp³-hybridized carbons (Fsp3) is 0.200. The van der Waals surface area contributed by atoms with Gasteiger partial charge in [0.1, 0.15) is 11.8 Å². The van der Waals surface area contributed by atoms with E-state index in [1.807, 2.05) is 42.5 Å². The molecule has 0 aliphatic rings. The number of anilines is 1. The van der Waals surface area contributed by atoms with Gasteiger partial charge in [-0.1, -0.05) is 12.1 Å². The molecule has 1 aromatic carbocycles. The van der Waals surface area contributed by atoms with E-state index in [1.54, 1.807) is 13.2 Å². The van der Waals surface area contributed by atoms with E-state index in [0.29, 0.717) is 18.2 Å². The van der Waals surface area contributed by atoms with Crippen molar-refractivity contribution in [2.24, 2.45) is 0 Å². The van der Waals surface area contributed by atoms with Crippen molar-refractivity contribution in [3.63, 3.8) is 0 Å². The van der Waals surface area contributed by atoms with Crippen molar-refractivity contribution in [1.29, 1.82) is 5.26 Å². The molecule has 0 unspecified atom stereocenters. The Kier molecular flexibility index (Phi) is 4.79. The van der Waals surface area contributed by atoms with Crippen molar-refractivity contribution in [3.05, 3.63) is 48.2 Å². The van der Waals surface area contributed by atoms with Crippen LogP contribution in [0.25, 0.3) is 0 Å². The SMILES string of the molecule is COc1cccc(CNc2cccc(OCC#N)c2)n1. The quantitative estimate of drug-likeness (QED) is 0.873. The van der Waals surface area contributed by atoms with Crippen LogP contribution < -0.4 is 14.8 Å². The summed E-state index contributed by atoms with van der Waals surface area (Å²) in [6.07, 6.45) is 0. The minimum Gasteiger partial charge on any atom is -0.481 e. The molecule has 1 N–H and O–H groups in total. The molecule has 5 nitrogen and oxygen atoms in total. The van der Waals surface area contributed by atoms with Crippen molar-refractivity contribution in [1.82, 2.24) is 4.98 Å². The van der Waals surface area contributed by atoms with Crippen molar-refractivity contribution in [2.75, 3.05) is 19.0 Å². The van der Waals surface area contributed by atoms with Gasteiger partial charge in [-0.15, -0.1) is 0 Å². The number of nitriles is 1. The Hall–Kier alpha value is -2.74. The summed E-state index contributed by atoms with van der Waals surface area (Å²) in [5.41, 5.74) is 1.79. The number of ether oxygens (including phenoxy) is 2. The predicted octanol–water partition coefficient (Wildman–Crippen LogP) is 2.60. The van der Waals surface area contributed by atoms with Gasteiger partial charge in [0.25, 0.3) is 0 Å². The highest BCUT2D eigenvalue weighted by molar-refractivity contribution is 5.48. The van der Waals surface area contributed by atoms with Gasteiger partial charge in [-0.25, -0.2) is 4.98 Å². The first-order valence-corrected chi connectivity index (χ1v) is 6.15. The summed E-state index contributed by atoms with van der Waals surface area (Å²) < 4.78 is 10.3. The summed E-state index contributed by atoms with van der Waals surface area (Å²) in [5, 5.41) is 11.7. The first-order valence-electron chi connectivity index (χ1n) is 6.15. The minimum atomic E-state index is 0.0426. The molecule has 1 aromatic heterocycles. The average molecular weight is 269 g/mol. The molecule has 102 valence electrons. The van der Waals surface area contributed by atoms with Gasteiger partial charge in [0.15, 0.2) is 6.61 Å². The number of benzene rings is 1. The number of nitrogens with zero attached hydrogens (tertiary/aromatic N) is 2. The Morgan fingerprint density at radius 2 is 2.10 bits per heavy atom. The van der Waals surface area contributed by atoms with Gasteiger partial charge in [0, 0.05) is 17.8 Å². The molecule has 2 aromatic rings. The molecule has 0 aliphatic carbocycles. The van der Waals surface area contributed by atoms with Gasteiger partial charge in [-0.05, 0) is 18.2 Å². The van der Waals surface area contributed by atoms with Gasteiger partial charge < -0.3 is 14.8 Å². The lowest BCUT2D eigenvalue weighted by atomic mass is 10.3. The molecular formula is C15H15N3O2. The molecule has 0 spiro atoms. The zero-order valence-electron chi connectivity index (χ0n) is 11.2. The van der Waals surface area contributed by atoms with Crippen LogP contribution in [0.15, 0.2) is 42.5 Å². The fourth-order valence-corrected chi connectivity index (χ4v) is 1.67. The number of pyridine rings is 1. The van der Waals surface area contributed by atoms with Crippen molar-refractivity contribution in [3.8, 4) is 17.7 Å². The highest BCUT2D eigenvalue weighted by atomic mass is 16.5. The summed E-state index contributed by atoms with van der Waals surface area (Å²) >= 11 is 0. The van der Waals surface area contributed by atoms with Crippen LogP contribution >= 0.6 is 0 Å². The van der Waals surface area contributed by atoms with Gasteiger partial charge in [-0.3, -0.25) is 0 Å². The van der Waals surface area contributed by atoms with E-state index in [2.05, 4.69) is 10.3 Å². The maximum absolute atomic E-state index is 8.49. The van der Waals surface area contributed by atoms with Crippen LogP contribution in [0.2, 0.25) is 0 Å². The third-order valence-electron chi connectivity index (χ3n) is 2.60. The van der Waals surface area contributed by atoms with Crippen LogP contribution in [0.4, 0.5) is 5.69 Å². The van der Waals surface area contributed by atoms with E-state index in [1.165, 1.54) is 0 Å². The van der Waals surface area contributed by atoms with Gasteiger partial charge in [0.05, 0.1) is 19.3 Å². The average Bonchev–Trinajstić information content (AvgIpc) is 2.51. The number of rotatable bonds is 6. The molecule has 1 heterocycles. The summed E-state index contributed by atoms with van der Waals surface area (Å²) in [5.74, 6) is 1.26. The lowest BCUT2D eigenvalue weighted by molar-refractivity contribution is 0.368. The third-order valence-corrected chi connectivity index (χ3v) is 2.60. The van der Waals surface area contributed by atoms with Crippen LogP contribution in [-0.2, 0) is 6.54 Å². The van der Waals surface area contributed by atoms with Crippen LogP contribution in [0, 0.1) is 11.3 Å². The molecular weight excluding hydrogens is 254 g/mol. The molecule has 0 saturated heterocycles. The number of hydrogen-bond acceptors (Lipinski definition) is 5. The van der Waals surface area contributed by atoms with Gasteiger partial charge >= 0.3 is 0 Å². The Morgan fingerprint density at radius 1 is 1.25 bits per heavy atom. The fourth-order valence-electron chi connectivity index (χ4n) is 1.67. The monoisotopic (exact) mass is 269 g/mol. The number of methoxy groups -OCH3 is 1. The maximum Gasteiger partial charge on any atom is 0.213 e. The van der Waals surface area contributed by atoms with E-state index in [9.17, 15) is 0 Å².